The molecule has 2 heterocycles. The van der Waals surface area contributed by atoms with E-state index in [0.717, 1.165) is 0 Å². The van der Waals surface area contributed by atoms with E-state index in [0.29, 0.717) is 37.6 Å². The van der Waals surface area contributed by atoms with Gasteiger partial charge in [-0.3, -0.25) is 9.59 Å². The zero-order chi connectivity index (χ0) is 16.7. The number of hydrogen-bond donors (Lipinski definition) is 1. The second-order valence-corrected chi connectivity index (χ2v) is 6.90. The fourth-order valence-electron chi connectivity index (χ4n) is 2.91. The van der Waals surface area contributed by atoms with Crippen LogP contribution in [-0.2, 0) is 14.3 Å². The molecule has 1 spiro atoms. The Labute approximate surface area is 135 Å². The summed E-state index contributed by atoms with van der Waals surface area (Å²) in [5.41, 5.74) is 1.23. The van der Waals surface area contributed by atoms with E-state index in [1.165, 1.54) is 6.92 Å². The van der Waals surface area contributed by atoms with E-state index in [4.69, 9.17) is 9.47 Å². The van der Waals surface area contributed by atoms with Gasteiger partial charge in [0.1, 0.15) is 0 Å². The number of ether oxygens (including phenoxy) is 2. The summed E-state index contributed by atoms with van der Waals surface area (Å²) in [5, 5.41) is 2.69. The fourth-order valence-corrected chi connectivity index (χ4v) is 2.91. The lowest BCUT2D eigenvalue weighted by molar-refractivity contribution is -0.301. The zero-order valence-electron chi connectivity index (χ0n) is 13.7. The summed E-state index contributed by atoms with van der Waals surface area (Å²) in [6.45, 7) is 7.78. The first-order valence-corrected chi connectivity index (χ1v) is 7.74. The molecule has 0 bridgehead atoms. The Morgan fingerprint density at radius 2 is 1.65 bits per heavy atom. The van der Waals surface area contributed by atoms with Crippen LogP contribution < -0.4 is 5.32 Å². The molecular weight excluding hydrogens is 296 g/mol. The molecule has 124 valence electrons. The molecule has 0 aliphatic carbocycles. The fraction of sp³-hybridized carbons (Fsp3) is 0.529. The predicted molar refractivity (Wildman–Crippen MR) is 85.1 cm³/mol. The van der Waals surface area contributed by atoms with Crippen LogP contribution in [0.25, 0.3) is 0 Å². The molecule has 1 aromatic carbocycles. The van der Waals surface area contributed by atoms with E-state index in [2.05, 4.69) is 5.32 Å². The number of benzene rings is 1. The number of likely N-dealkylation sites (tertiary alicyclic amines) is 1. The van der Waals surface area contributed by atoms with Crippen molar-refractivity contribution in [1.82, 2.24) is 4.90 Å². The van der Waals surface area contributed by atoms with E-state index in [1.807, 2.05) is 13.8 Å². The Hall–Kier alpha value is -1.92. The van der Waals surface area contributed by atoms with E-state index < -0.39 is 5.79 Å². The third kappa shape index (κ3) is 3.38. The van der Waals surface area contributed by atoms with Gasteiger partial charge in [-0.15, -0.1) is 0 Å². The lowest BCUT2D eigenvalue weighted by atomic mass is 9.80. The van der Waals surface area contributed by atoms with Crippen LogP contribution in [0.2, 0.25) is 0 Å². The molecule has 0 saturated carbocycles. The van der Waals surface area contributed by atoms with Crippen molar-refractivity contribution in [1.29, 1.82) is 0 Å². The molecule has 1 aromatic rings. The van der Waals surface area contributed by atoms with Crippen molar-refractivity contribution in [3.05, 3.63) is 29.8 Å². The van der Waals surface area contributed by atoms with Crippen LogP contribution in [0.5, 0.6) is 0 Å². The van der Waals surface area contributed by atoms with Gasteiger partial charge >= 0.3 is 0 Å². The third-order valence-electron chi connectivity index (χ3n) is 4.24. The highest BCUT2D eigenvalue weighted by Crippen LogP contribution is 2.38. The SMILES string of the molecule is CC(=O)Nc1ccc(C(=O)N2CC3(COC(C)(C)OC3)C2)cc1. The predicted octanol–water partition coefficient (Wildman–Crippen LogP) is 1.87. The van der Waals surface area contributed by atoms with Gasteiger partial charge in [-0.2, -0.15) is 0 Å². The highest BCUT2D eigenvalue weighted by molar-refractivity contribution is 5.96. The average Bonchev–Trinajstić information content (AvgIpc) is 2.45. The first kappa shape index (κ1) is 16.0. The Bertz CT molecular complexity index is 606. The summed E-state index contributed by atoms with van der Waals surface area (Å²) >= 11 is 0. The minimum absolute atomic E-state index is 0.00478. The molecule has 0 aromatic heterocycles. The molecule has 2 saturated heterocycles. The van der Waals surface area contributed by atoms with Gasteiger partial charge in [-0.1, -0.05) is 0 Å². The summed E-state index contributed by atoms with van der Waals surface area (Å²) in [5.74, 6) is -0.668. The van der Waals surface area contributed by atoms with E-state index >= 15 is 0 Å². The van der Waals surface area contributed by atoms with Gasteiger partial charge in [0.15, 0.2) is 5.79 Å². The lowest BCUT2D eigenvalue weighted by Gasteiger charge is -2.54. The van der Waals surface area contributed by atoms with Crippen LogP contribution in [0.3, 0.4) is 0 Å². The molecule has 23 heavy (non-hydrogen) atoms. The van der Waals surface area contributed by atoms with Crippen molar-refractivity contribution in [3.8, 4) is 0 Å². The largest absolute Gasteiger partial charge is 0.350 e. The lowest BCUT2D eigenvalue weighted by Crippen LogP contribution is -2.65. The highest BCUT2D eigenvalue weighted by atomic mass is 16.7. The van der Waals surface area contributed by atoms with Crippen LogP contribution in [0, 0.1) is 5.41 Å². The highest BCUT2D eigenvalue weighted by Gasteiger charge is 2.50. The van der Waals surface area contributed by atoms with Gasteiger partial charge in [0.2, 0.25) is 5.91 Å². The minimum Gasteiger partial charge on any atom is -0.350 e. The number of rotatable bonds is 2. The Kier molecular flexibility index (Phi) is 3.90. The molecule has 3 rings (SSSR count). The van der Waals surface area contributed by atoms with E-state index in [9.17, 15) is 9.59 Å². The summed E-state index contributed by atoms with van der Waals surface area (Å²) in [6.07, 6.45) is 0. The van der Waals surface area contributed by atoms with Crippen molar-refractivity contribution in [3.63, 3.8) is 0 Å². The normalized spacial score (nSPS) is 21.6. The molecule has 2 aliphatic heterocycles. The monoisotopic (exact) mass is 318 g/mol. The van der Waals surface area contributed by atoms with Crippen molar-refractivity contribution < 1.29 is 19.1 Å². The molecule has 0 unspecified atom stereocenters. The molecule has 0 radical (unpaired) electrons. The van der Waals surface area contributed by atoms with Gasteiger partial charge in [-0.25, -0.2) is 0 Å². The van der Waals surface area contributed by atoms with E-state index in [-0.39, 0.29) is 17.2 Å². The molecule has 2 amide bonds. The standard InChI is InChI=1S/C17H22N2O4/c1-12(20)18-14-6-4-13(5-7-14)15(21)19-8-17(9-19)10-22-16(2,3)23-11-17/h4-7H,8-11H2,1-3H3,(H,18,20). The smallest absolute Gasteiger partial charge is 0.253 e. The summed E-state index contributed by atoms with van der Waals surface area (Å²) in [6, 6.07) is 6.93. The van der Waals surface area contributed by atoms with Crippen molar-refractivity contribution in [2.24, 2.45) is 5.41 Å². The third-order valence-corrected chi connectivity index (χ3v) is 4.24. The quantitative estimate of drug-likeness (QED) is 0.904. The second-order valence-electron chi connectivity index (χ2n) is 6.90. The first-order valence-electron chi connectivity index (χ1n) is 7.74. The van der Waals surface area contributed by atoms with Crippen molar-refractivity contribution in [2.75, 3.05) is 31.6 Å². The minimum atomic E-state index is -0.533. The van der Waals surface area contributed by atoms with Gasteiger partial charge in [0.05, 0.1) is 18.6 Å². The van der Waals surface area contributed by atoms with E-state index in [1.54, 1.807) is 29.2 Å². The number of carbonyl (C=O) groups excluding carboxylic acids is 2. The van der Waals surface area contributed by atoms with Gasteiger partial charge in [-0.05, 0) is 38.1 Å². The molecule has 6 nitrogen and oxygen atoms in total. The van der Waals surface area contributed by atoms with Crippen LogP contribution in [0.4, 0.5) is 5.69 Å². The second kappa shape index (κ2) is 5.62. The van der Waals surface area contributed by atoms with Crippen LogP contribution >= 0.6 is 0 Å². The topological polar surface area (TPSA) is 67.9 Å². The summed E-state index contributed by atoms with van der Waals surface area (Å²) in [4.78, 5) is 25.3. The Morgan fingerprint density at radius 1 is 1.09 bits per heavy atom. The summed E-state index contributed by atoms with van der Waals surface area (Å²) < 4.78 is 11.4. The molecule has 1 N–H and O–H groups in total. The maximum atomic E-state index is 12.5. The first-order chi connectivity index (χ1) is 10.8. The number of nitrogens with one attached hydrogen (secondary N) is 1. The number of carbonyl (C=O) groups is 2. The number of anilines is 1. The molecule has 0 atom stereocenters. The van der Waals surface area contributed by atoms with Crippen LogP contribution in [0.1, 0.15) is 31.1 Å². The Balaban J connectivity index is 1.57. The van der Waals surface area contributed by atoms with Crippen molar-refractivity contribution >= 4 is 17.5 Å². The average molecular weight is 318 g/mol. The van der Waals surface area contributed by atoms with Crippen LogP contribution in [-0.4, -0.2) is 48.8 Å². The van der Waals surface area contributed by atoms with Crippen LogP contribution in [0.15, 0.2) is 24.3 Å². The molecule has 6 heteroatoms. The van der Waals surface area contributed by atoms with Gasteiger partial charge in [0, 0.05) is 31.3 Å². The molecule has 2 fully saturated rings. The van der Waals surface area contributed by atoms with Gasteiger partial charge in [0.25, 0.3) is 5.91 Å². The molecule has 2 aliphatic rings. The maximum Gasteiger partial charge on any atom is 0.253 e. The Morgan fingerprint density at radius 3 is 2.17 bits per heavy atom. The summed E-state index contributed by atoms with van der Waals surface area (Å²) in [7, 11) is 0. The maximum absolute atomic E-state index is 12.5. The zero-order valence-corrected chi connectivity index (χ0v) is 13.7. The van der Waals surface area contributed by atoms with Crippen molar-refractivity contribution in [2.45, 2.75) is 26.6 Å². The molecular formula is C17H22N2O4. The number of hydrogen-bond acceptors (Lipinski definition) is 4. The number of nitrogens with zero attached hydrogens (tertiary/aromatic N) is 1. The van der Waals surface area contributed by atoms with Gasteiger partial charge < -0.3 is 19.7 Å². The number of amides is 2.